The number of β-lactam (4-membered cyclic amide) rings is 1. The SMILES string of the molecule is C[C@@H](/C=C/CC(=O)N(CCO)Cc1ccccc1)[C@]1(O)C(=O)N(Cc2ccc(N3CCC3=O)cc2)c2ccc(Cl)cc21. The molecule has 2 aliphatic rings. The molecule has 42 heavy (non-hydrogen) atoms. The van der Waals surface area contributed by atoms with Crippen LogP contribution in [-0.2, 0) is 33.1 Å². The second kappa shape index (κ2) is 12.5. The van der Waals surface area contributed by atoms with E-state index in [9.17, 15) is 24.6 Å². The molecule has 3 aromatic rings. The number of benzene rings is 3. The minimum absolute atomic E-state index is 0.0550. The van der Waals surface area contributed by atoms with E-state index in [2.05, 4.69) is 0 Å². The van der Waals surface area contributed by atoms with Gasteiger partial charge in [0.05, 0.1) is 18.8 Å². The fraction of sp³-hybridized carbons (Fsp3) is 0.303. The normalized spacial score (nSPS) is 18.8. The lowest BCUT2D eigenvalue weighted by atomic mass is 9.83. The number of carbonyl (C=O) groups is 3. The van der Waals surface area contributed by atoms with Gasteiger partial charge in [0.15, 0.2) is 5.60 Å². The van der Waals surface area contributed by atoms with E-state index in [0.717, 1.165) is 16.8 Å². The predicted molar refractivity (Wildman–Crippen MR) is 162 cm³/mol. The fourth-order valence-electron chi connectivity index (χ4n) is 5.49. The third kappa shape index (κ3) is 5.83. The Morgan fingerprint density at radius 3 is 2.45 bits per heavy atom. The molecule has 0 bridgehead atoms. The van der Waals surface area contributed by atoms with E-state index in [0.29, 0.717) is 35.8 Å². The summed E-state index contributed by atoms with van der Waals surface area (Å²) in [6.45, 7) is 3.10. The first-order valence-electron chi connectivity index (χ1n) is 14.0. The number of halogens is 1. The van der Waals surface area contributed by atoms with Gasteiger partial charge in [-0.05, 0) is 41.5 Å². The molecule has 1 fully saturated rings. The van der Waals surface area contributed by atoms with Crippen molar-refractivity contribution in [1.82, 2.24) is 4.90 Å². The molecule has 8 nitrogen and oxygen atoms in total. The van der Waals surface area contributed by atoms with Crippen molar-refractivity contribution in [1.29, 1.82) is 0 Å². The van der Waals surface area contributed by atoms with Gasteiger partial charge in [0.25, 0.3) is 5.91 Å². The van der Waals surface area contributed by atoms with Crippen LogP contribution < -0.4 is 9.80 Å². The van der Waals surface area contributed by atoms with Gasteiger partial charge < -0.3 is 24.9 Å². The zero-order chi connectivity index (χ0) is 29.9. The van der Waals surface area contributed by atoms with E-state index in [-0.39, 0.29) is 37.9 Å². The van der Waals surface area contributed by atoms with Crippen molar-refractivity contribution in [3.05, 3.63) is 107 Å². The summed E-state index contributed by atoms with van der Waals surface area (Å²) < 4.78 is 0. The lowest BCUT2D eigenvalue weighted by Gasteiger charge is -2.31. The van der Waals surface area contributed by atoms with Crippen LogP contribution in [0.15, 0.2) is 84.9 Å². The average Bonchev–Trinajstić information content (AvgIpc) is 3.19. The number of fused-ring (bicyclic) bond motifs is 1. The molecule has 1 saturated heterocycles. The maximum absolute atomic E-state index is 13.9. The van der Waals surface area contributed by atoms with Crippen LogP contribution in [0.3, 0.4) is 0 Å². The van der Waals surface area contributed by atoms with Crippen molar-refractivity contribution < 1.29 is 24.6 Å². The fourth-order valence-corrected chi connectivity index (χ4v) is 5.66. The summed E-state index contributed by atoms with van der Waals surface area (Å²) in [4.78, 5) is 43.5. The second-order valence-corrected chi connectivity index (χ2v) is 11.2. The lowest BCUT2D eigenvalue weighted by molar-refractivity contribution is -0.139. The van der Waals surface area contributed by atoms with Crippen LogP contribution in [0.5, 0.6) is 0 Å². The minimum atomic E-state index is -1.88. The molecule has 9 heteroatoms. The van der Waals surface area contributed by atoms with Gasteiger partial charge >= 0.3 is 0 Å². The standard InChI is InChI=1S/C33H34ClN3O5/c1-23(6-5-9-30(39)35(18-19-38)21-24-7-3-2-4-8-24)33(42)28-20-26(34)12-15-29(28)37(32(33)41)22-25-10-13-27(14-11-25)36-17-16-31(36)40/h2-8,10-15,20,23,38,42H,9,16-19,21-22H2,1H3/b6-5+/t23-,33+/m0/s1. The smallest absolute Gasteiger partial charge is 0.264 e. The van der Waals surface area contributed by atoms with Crippen molar-refractivity contribution in [3.8, 4) is 0 Å². The Balaban J connectivity index is 1.31. The summed E-state index contributed by atoms with van der Waals surface area (Å²) in [5.41, 5.74) is 1.74. The Hall–Kier alpha value is -3.98. The van der Waals surface area contributed by atoms with Crippen LogP contribution in [0.25, 0.3) is 0 Å². The van der Waals surface area contributed by atoms with Gasteiger partial charge in [0, 0.05) is 54.7 Å². The van der Waals surface area contributed by atoms with Crippen molar-refractivity contribution in [2.24, 2.45) is 5.92 Å². The molecular formula is C33H34ClN3O5. The molecule has 2 atom stereocenters. The Kier molecular flexibility index (Phi) is 8.77. The maximum Gasteiger partial charge on any atom is 0.264 e. The van der Waals surface area contributed by atoms with Crippen molar-refractivity contribution in [2.75, 3.05) is 29.5 Å². The molecule has 2 aliphatic heterocycles. The molecular weight excluding hydrogens is 554 g/mol. The van der Waals surface area contributed by atoms with E-state index in [1.165, 1.54) is 0 Å². The van der Waals surface area contributed by atoms with Crippen LogP contribution in [0.1, 0.15) is 36.5 Å². The molecule has 0 radical (unpaired) electrons. The highest BCUT2D eigenvalue weighted by molar-refractivity contribution is 6.31. The first-order chi connectivity index (χ1) is 20.2. The van der Waals surface area contributed by atoms with Crippen molar-refractivity contribution >= 4 is 40.7 Å². The van der Waals surface area contributed by atoms with Gasteiger partial charge in [0.2, 0.25) is 11.8 Å². The highest BCUT2D eigenvalue weighted by Gasteiger charge is 2.52. The van der Waals surface area contributed by atoms with Crippen LogP contribution >= 0.6 is 11.6 Å². The molecule has 2 N–H and O–H groups in total. The number of rotatable bonds is 11. The van der Waals surface area contributed by atoms with E-state index >= 15 is 0 Å². The highest BCUT2D eigenvalue weighted by atomic mass is 35.5. The van der Waals surface area contributed by atoms with Crippen molar-refractivity contribution in [2.45, 2.75) is 38.5 Å². The number of aliphatic hydroxyl groups excluding tert-OH is 1. The summed E-state index contributed by atoms with van der Waals surface area (Å²) >= 11 is 6.30. The number of anilines is 2. The number of carbonyl (C=O) groups excluding carboxylic acids is 3. The molecule has 218 valence electrons. The zero-order valence-corrected chi connectivity index (χ0v) is 24.2. The predicted octanol–water partition coefficient (Wildman–Crippen LogP) is 4.41. The topological polar surface area (TPSA) is 101 Å². The molecule has 3 aromatic carbocycles. The van der Waals surface area contributed by atoms with E-state index in [4.69, 9.17) is 11.6 Å². The Bertz CT molecular complexity index is 1490. The maximum atomic E-state index is 13.9. The van der Waals surface area contributed by atoms with E-state index in [1.54, 1.807) is 52.0 Å². The zero-order valence-electron chi connectivity index (χ0n) is 23.4. The van der Waals surface area contributed by atoms with Gasteiger partial charge in [0.1, 0.15) is 0 Å². The second-order valence-electron chi connectivity index (χ2n) is 10.7. The summed E-state index contributed by atoms with van der Waals surface area (Å²) in [6.07, 6.45) is 3.95. The first-order valence-corrected chi connectivity index (χ1v) is 14.4. The number of aliphatic hydroxyl groups is 2. The van der Waals surface area contributed by atoms with Gasteiger partial charge in [-0.3, -0.25) is 14.4 Å². The molecule has 0 aliphatic carbocycles. The van der Waals surface area contributed by atoms with Gasteiger partial charge in [-0.2, -0.15) is 0 Å². The summed E-state index contributed by atoms with van der Waals surface area (Å²) in [5.74, 6) is -1.22. The summed E-state index contributed by atoms with van der Waals surface area (Å²) in [7, 11) is 0. The molecule has 3 amide bonds. The summed E-state index contributed by atoms with van der Waals surface area (Å²) in [5, 5.41) is 21.8. The molecule has 0 spiro atoms. The molecule has 2 heterocycles. The monoisotopic (exact) mass is 587 g/mol. The number of hydrogen-bond acceptors (Lipinski definition) is 5. The molecule has 5 rings (SSSR count). The van der Waals surface area contributed by atoms with Crippen LogP contribution in [-0.4, -0.2) is 52.5 Å². The summed E-state index contributed by atoms with van der Waals surface area (Å²) in [6, 6.07) is 22.1. The van der Waals surface area contributed by atoms with Crippen LogP contribution in [0, 0.1) is 5.92 Å². The number of hydrogen-bond donors (Lipinski definition) is 2. The Morgan fingerprint density at radius 1 is 1.07 bits per heavy atom. The average molecular weight is 588 g/mol. The minimum Gasteiger partial charge on any atom is -0.395 e. The van der Waals surface area contributed by atoms with Crippen LogP contribution in [0.2, 0.25) is 5.02 Å². The van der Waals surface area contributed by atoms with E-state index < -0.39 is 17.4 Å². The van der Waals surface area contributed by atoms with Gasteiger partial charge in [-0.25, -0.2) is 0 Å². The molecule has 0 unspecified atom stereocenters. The van der Waals surface area contributed by atoms with Crippen molar-refractivity contribution in [3.63, 3.8) is 0 Å². The van der Waals surface area contributed by atoms with E-state index in [1.807, 2.05) is 54.6 Å². The largest absolute Gasteiger partial charge is 0.395 e. The molecule has 0 aromatic heterocycles. The third-order valence-electron chi connectivity index (χ3n) is 7.99. The number of amides is 3. The first kappa shape index (κ1) is 29.5. The number of nitrogens with zero attached hydrogens (tertiary/aromatic N) is 3. The quantitative estimate of drug-likeness (QED) is 0.256. The van der Waals surface area contributed by atoms with Gasteiger partial charge in [-0.15, -0.1) is 0 Å². The highest BCUT2D eigenvalue weighted by Crippen LogP contribution is 2.46. The third-order valence-corrected chi connectivity index (χ3v) is 8.22. The Morgan fingerprint density at radius 2 is 1.81 bits per heavy atom. The lowest BCUT2D eigenvalue weighted by Crippen LogP contribution is -2.44. The van der Waals surface area contributed by atoms with Crippen LogP contribution in [0.4, 0.5) is 11.4 Å². The van der Waals surface area contributed by atoms with Gasteiger partial charge in [-0.1, -0.05) is 73.1 Å². The molecule has 0 saturated carbocycles. The Labute approximate surface area is 250 Å².